The lowest BCUT2D eigenvalue weighted by Gasteiger charge is -2.10. The lowest BCUT2D eigenvalue weighted by molar-refractivity contribution is -0.384. The number of aromatic nitrogens is 2. The number of anilines is 1. The van der Waals surface area contributed by atoms with Crippen LogP contribution < -0.4 is 10.9 Å². The Morgan fingerprint density at radius 2 is 1.90 bits per heavy atom. The van der Waals surface area contributed by atoms with E-state index in [1.54, 1.807) is 31.2 Å². The van der Waals surface area contributed by atoms with Gasteiger partial charge in [0.15, 0.2) is 12.3 Å². The van der Waals surface area contributed by atoms with Crippen LogP contribution in [0, 0.1) is 17.0 Å². The number of fused-ring (bicyclic) bond motifs is 1. The molecule has 0 unspecified atom stereocenters. The van der Waals surface area contributed by atoms with Crippen molar-refractivity contribution in [2.75, 3.05) is 11.9 Å². The summed E-state index contributed by atoms with van der Waals surface area (Å²) < 4.78 is 6.06. The average Bonchev–Trinajstić information content (AvgIpc) is 2.70. The fourth-order valence-electron chi connectivity index (χ4n) is 2.74. The number of carbonyl (C=O) groups excluding carboxylic acids is 2. The Hall–Kier alpha value is -4.08. The number of hydrogen-bond acceptors (Lipinski definition) is 7. The molecule has 0 aliphatic rings. The summed E-state index contributed by atoms with van der Waals surface area (Å²) in [4.78, 5) is 46.9. The van der Waals surface area contributed by atoms with Crippen LogP contribution in [-0.2, 0) is 16.6 Å². The van der Waals surface area contributed by atoms with Gasteiger partial charge in [0.1, 0.15) is 0 Å². The molecule has 0 aliphatic heterocycles. The van der Waals surface area contributed by atoms with Gasteiger partial charge in [-0.25, -0.2) is 9.48 Å². The lowest BCUT2D eigenvalue weighted by Crippen LogP contribution is -2.26. The smallest absolute Gasteiger partial charge is 0.359 e. The first-order valence-electron chi connectivity index (χ1n) is 8.46. The van der Waals surface area contributed by atoms with Gasteiger partial charge in [0.2, 0.25) is 0 Å². The summed E-state index contributed by atoms with van der Waals surface area (Å²) in [5.41, 5.74) is 0.317. The van der Waals surface area contributed by atoms with Gasteiger partial charge in [-0.05, 0) is 24.6 Å². The highest BCUT2D eigenvalue weighted by atomic mass is 16.6. The number of nitrogens with one attached hydrogen (secondary N) is 1. The molecule has 0 aliphatic carbocycles. The summed E-state index contributed by atoms with van der Waals surface area (Å²) in [7, 11) is 1.41. The minimum Gasteiger partial charge on any atom is -0.451 e. The zero-order valence-corrected chi connectivity index (χ0v) is 15.5. The Bertz CT molecular complexity index is 1200. The van der Waals surface area contributed by atoms with E-state index in [0.717, 1.165) is 4.68 Å². The van der Waals surface area contributed by atoms with Crippen LogP contribution in [0.5, 0.6) is 0 Å². The average molecular weight is 396 g/mol. The molecule has 3 aromatic rings. The third-order valence-electron chi connectivity index (χ3n) is 4.18. The molecule has 148 valence electrons. The summed E-state index contributed by atoms with van der Waals surface area (Å²) in [5.74, 6) is -1.48. The largest absolute Gasteiger partial charge is 0.451 e. The van der Waals surface area contributed by atoms with E-state index < -0.39 is 23.4 Å². The number of rotatable bonds is 5. The maximum absolute atomic E-state index is 12.4. The van der Waals surface area contributed by atoms with E-state index in [0.29, 0.717) is 22.0 Å². The second-order valence-corrected chi connectivity index (χ2v) is 6.20. The quantitative estimate of drug-likeness (QED) is 0.396. The second-order valence-electron chi connectivity index (χ2n) is 6.20. The van der Waals surface area contributed by atoms with E-state index in [1.807, 2.05) is 0 Å². The Labute approximate surface area is 163 Å². The van der Waals surface area contributed by atoms with Crippen LogP contribution >= 0.6 is 0 Å². The Morgan fingerprint density at radius 1 is 1.21 bits per heavy atom. The van der Waals surface area contributed by atoms with Gasteiger partial charge in [-0.2, -0.15) is 5.10 Å². The molecule has 0 saturated heterocycles. The van der Waals surface area contributed by atoms with Crippen molar-refractivity contribution in [2.45, 2.75) is 6.92 Å². The van der Waals surface area contributed by atoms with Gasteiger partial charge in [-0.1, -0.05) is 18.2 Å². The number of nitrogens with zero attached hydrogens (tertiary/aromatic N) is 3. The number of hydrogen-bond donors (Lipinski definition) is 1. The predicted molar refractivity (Wildman–Crippen MR) is 104 cm³/mol. The van der Waals surface area contributed by atoms with E-state index in [-0.39, 0.29) is 16.9 Å². The van der Waals surface area contributed by atoms with Crippen molar-refractivity contribution in [3.05, 3.63) is 74.2 Å². The van der Waals surface area contributed by atoms with Crippen LogP contribution in [-0.4, -0.2) is 33.2 Å². The number of nitro groups is 1. The van der Waals surface area contributed by atoms with Crippen molar-refractivity contribution >= 4 is 34.0 Å². The maximum atomic E-state index is 12.4. The summed E-state index contributed by atoms with van der Waals surface area (Å²) in [6, 6.07) is 10.4. The number of benzene rings is 2. The van der Waals surface area contributed by atoms with Crippen LogP contribution in [0.2, 0.25) is 0 Å². The van der Waals surface area contributed by atoms with Crippen LogP contribution in [0.1, 0.15) is 16.1 Å². The van der Waals surface area contributed by atoms with Crippen LogP contribution in [0.25, 0.3) is 10.8 Å². The number of ether oxygens (including phenoxy) is 1. The highest BCUT2D eigenvalue weighted by Gasteiger charge is 2.18. The first kappa shape index (κ1) is 19.7. The molecular formula is C19H16N4O6. The molecule has 3 rings (SSSR count). The molecule has 1 heterocycles. The van der Waals surface area contributed by atoms with E-state index >= 15 is 0 Å². The molecule has 1 N–H and O–H groups in total. The standard InChI is InChI=1S/C19H16N4O6/c1-11-9-12(23(27)28)7-8-15(11)20-16(24)10-29-19(26)17-13-5-3-4-6-14(13)18(25)22(2)21-17/h3-9H,10H2,1-2H3,(H,20,24). The predicted octanol–water partition coefficient (Wildman–Crippen LogP) is 1.95. The number of carbonyl (C=O) groups is 2. The van der Waals surface area contributed by atoms with Crippen molar-refractivity contribution in [1.82, 2.24) is 9.78 Å². The van der Waals surface area contributed by atoms with Gasteiger partial charge in [-0.3, -0.25) is 19.7 Å². The first-order valence-corrected chi connectivity index (χ1v) is 8.46. The highest BCUT2D eigenvalue weighted by Crippen LogP contribution is 2.21. The second kappa shape index (κ2) is 7.89. The van der Waals surface area contributed by atoms with Crippen molar-refractivity contribution < 1.29 is 19.2 Å². The van der Waals surface area contributed by atoms with Gasteiger partial charge in [0.05, 0.1) is 10.3 Å². The molecule has 1 aromatic heterocycles. The molecule has 10 heteroatoms. The Kier molecular flexibility index (Phi) is 5.35. The van der Waals surface area contributed by atoms with Gasteiger partial charge in [0.25, 0.3) is 17.2 Å². The van der Waals surface area contributed by atoms with Crippen LogP contribution in [0.4, 0.5) is 11.4 Å². The van der Waals surface area contributed by atoms with E-state index in [2.05, 4.69) is 10.4 Å². The zero-order valence-electron chi connectivity index (χ0n) is 15.5. The third kappa shape index (κ3) is 4.10. The number of amides is 1. The maximum Gasteiger partial charge on any atom is 0.359 e. The van der Waals surface area contributed by atoms with Crippen molar-refractivity contribution in [3.8, 4) is 0 Å². The monoisotopic (exact) mass is 396 g/mol. The van der Waals surface area contributed by atoms with Crippen LogP contribution in [0.3, 0.4) is 0 Å². The molecule has 1 amide bonds. The van der Waals surface area contributed by atoms with Crippen molar-refractivity contribution in [3.63, 3.8) is 0 Å². The normalized spacial score (nSPS) is 10.6. The minimum absolute atomic E-state index is 0.0815. The van der Waals surface area contributed by atoms with Crippen molar-refractivity contribution in [1.29, 1.82) is 0 Å². The van der Waals surface area contributed by atoms with E-state index in [9.17, 15) is 24.5 Å². The summed E-state index contributed by atoms with van der Waals surface area (Å²) in [6.07, 6.45) is 0. The SMILES string of the molecule is Cc1cc([N+](=O)[O-])ccc1NC(=O)COC(=O)c1nn(C)c(=O)c2ccccc12. The fraction of sp³-hybridized carbons (Fsp3) is 0.158. The van der Waals surface area contributed by atoms with Gasteiger partial charge < -0.3 is 10.1 Å². The number of nitro benzene ring substituents is 1. The molecule has 10 nitrogen and oxygen atoms in total. The third-order valence-corrected chi connectivity index (χ3v) is 4.18. The molecule has 0 bridgehead atoms. The Morgan fingerprint density at radius 3 is 2.55 bits per heavy atom. The molecule has 2 aromatic carbocycles. The molecule has 0 spiro atoms. The van der Waals surface area contributed by atoms with Crippen LogP contribution in [0.15, 0.2) is 47.3 Å². The molecule has 0 saturated carbocycles. The first-order chi connectivity index (χ1) is 13.8. The summed E-state index contributed by atoms with van der Waals surface area (Å²) >= 11 is 0. The number of non-ortho nitro benzene ring substituents is 1. The van der Waals surface area contributed by atoms with Gasteiger partial charge >= 0.3 is 5.97 Å². The molecule has 0 radical (unpaired) electrons. The lowest BCUT2D eigenvalue weighted by atomic mass is 10.1. The topological polar surface area (TPSA) is 133 Å². The molecule has 0 fully saturated rings. The molecular weight excluding hydrogens is 380 g/mol. The molecule has 0 atom stereocenters. The highest BCUT2D eigenvalue weighted by molar-refractivity contribution is 6.03. The summed E-state index contributed by atoms with van der Waals surface area (Å²) in [5, 5.41) is 17.9. The van der Waals surface area contributed by atoms with Crippen molar-refractivity contribution in [2.24, 2.45) is 7.05 Å². The Balaban J connectivity index is 1.72. The number of esters is 1. The number of aryl methyl sites for hydroxylation is 2. The van der Waals surface area contributed by atoms with Gasteiger partial charge in [-0.15, -0.1) is 0 Å². The zero-order chi connectivity index (χ0) is 21.1. The summed E-state index contributed by atoms with van der Waals surface area (Å²) in [6.45, 7) is 1.02. The minimum atomic E-state index is -0.854. The fourth-order valence-corrected chi connectivity index (χ4v) is 2.74. The molecule has 29 heavy (non-hydrogen) atoms. The van der Waals surface area contributed by atoms with E-state index in [4.69, 9.17) is 4.74 Å². The van der Waals surface area contributed by atoms with E-state index in [1.165, 1.54) is 25.2 Å². The van der Waals surface area contributed by atoms with Gasteiger partial charge in [0, 0.05) is 30.3 Å².